The molecule has 1 aliphatic heterocycles. The van der Waals surface area contributed by atoms with Crippen molar-refractivity contribution in [1.29, 1.82) is 0 Å². The summed E-state index contributed by atoms with van der Waals surface area (Å²) >= 11 is 0. The monoisotopic (exact) mass is 286 g/mol. The Morgan fingerprint density at radius 1 is 1.35 bits per heavy atom. The van der Waals surface area contributed by atoms with E-state index < -0.39 is 37.6 Å². The zero-order valence-electron chi connectivity index (χ0n) is 8.96. The predicted octanol–water partition coefficient (Wildman–Crippen LogP) is -2.10. The molecule has 0 radical (unpaired) electrons. The smallest absolute Gasteiger partial charge is 0.245 e. The van der Waals surface area contributed by atoms with Crippen LogP contribution >= 0.6 is 0 Å². The molecule has 0 aromatic rings. The van der Waals surface area contributed by atoms with Crippen molar-refractivity contribution < 1.29 is 26.5 Å². The summed E-state index contributed by atoms with van der Waals surface area (Å²) in [5.74, 6) is -1.12. The van der Waals surface area contributed by atoms with Crippen LogP contribution in [0, 0.1) is 0 Å². The number of sulfonamides is 1. The molecule has 0 bridgehead atoms. The molecular formula is C7H14N2O6S2. The van der Waals surface area contributed by atoms with Gasteiger partial charge in [-0.25, -0.2) is 16.8 Å². The molecule has 1 fully saturated rings. The quantitative estimate of drug-likeness (QED) is 0.556. The first-order valence-corrected chi connectivity index (χ1v) is 8.21. The fourth-order valence-corrected chi connectivity index (χ4v) is 4.43. The van der Waals surface area contributed by atoms with E-state index >= 15 is 0 Å². The Morgan fingerprint density at radius 3 is 2.35 bits per heavy atom. The molecule has 3 N–H and O–H groups in total. The molecule has 10 heteroatoms. The molecule has 1 rings (SSSR count). The lowest BCUT2D eigenvalue weighted by Gasteiger charge is -2.21. The highest BCUT2D eigenvalue weighted by Gasteiger charge is 2.32. The van der Waals surface area contributed by atoms with E-state index in [1.54, 1.807) is 4.89 Å². The number of hydrogen-bond acceptors (Lipinski definition) is 6. The summed E-state index contributed by atoms with van der Waals surface area (Å²) in [5.41, 5.74) is 4.76. The summed E-state index contributed by atoms with van der Waals surface area (Å²) in [7, 11) is -6.89. The highest BCUT2D eigenvalue weighted by atomic mass is 32.2. The minimum Gasteiger partial charge on any atom is -0.368 e. The standard InChI is InChI=1S/C7H14N2O6S2/c8-7(10)5-15-9-17(13,14)6-1-3-16(11,12)4-2-6/h6,9H,1-5H2,(H2,8,10). The average molecular weight is 286 g/mol. The first-order chi connectivity index (χ1) is 7.73. The van der Waals surface area contributed by atoms with Crippen LogP contribution in [0.3, 0.4) is 0 Å². The largest absolute Gasteiger partial charge is 0.368 e. The van der Waals surface area contributed by atoms with E-state index in [-0.39, 0.29) is 24.3 Å². The third kappa shape index (κ3) is 4.58. The van der Waals surface area contributed by atoms with Crippen molar-refractivity contribution in [3.8, 4) is 0 Å². The van der Waals surface area contributed by atoms with Gasteiger partial charge >= 0.3 is 0 Å². The van der Waals surface area contributed by atoms with Gasteiger partial charge in [0.05, 0.1) is 16.8 Å². The lowest BCUT2D eigenvalue weighted by atomic mass is 10.2. The summed E-state index contributed by atoms with van der Waals surface area (Å²) in [6.45, 7) is -0.565. The first-order valence-electron chi connectivity index (χ1n) is 4.84. The Balaban J connectivity index is 2.52. The number of sulfone groups is 1. The van der Waals surface area contributed by atoms with Gasteiger partial charge in [0, 0.05) is 0 Å². The third-order valence-electron chi connectivity index (χ3n) is 2.33. The Labute approximate surface area is 99.4 Å². The first kappa shape index (κ1) is 14.4. The van der Waals surface area contributed by atoms with Gasteiger partial charge in [-0.3, -0.25) is 9.63 Å². The Morgan fingerprint density at radius 2 is 1.88 bits per heavy atom. The van der Waals surface area contributed by atoms with Crippen molar-refractivity contribution in [2.24, 2.45) is 5.73 Å². The van der Waals surface area contributed by atoms with Crippen LogP contribution in [0.5, 0.6) is 0 Å². The molecule has 0 atom stereocenters. The molecule has 1 heterocycles. The molecule has 1 saturated heterocycles. The van der Waals surface area contributed by atoms with Gasteiger partial charge in [0.1, 0.15) is 16.4 Å². The van der Waals surface area contributed by atoms with Crippen LogP contribution in [0.4, 0.5) is 0 Å². The maximum atomic E-state index is 11.6. The van der Waals surface area contributed by atoms with Crippen LogP contribution in [0.2, 0.25) is 0 Å². The van der Waals surface area contributed by atoms with Gasteiger partial charge in [0.25, 0.3) is 0 Å². The second-order valence-corrected chi connectivity index (χ2v) is 7.96. The van der Waals surface area contributed by atoms with Crippen molar-refractivity contribution in [3.05, 3.63) is 0 Å². The zero-order valence-corrected chi connectivity index (χ0v) is 10.6. The second-order valence-electron chi connectivity index (χ2n) is 3.73. The molecule has 100 valence electrons. The molecule has 0 saturated carbocycles. The van der Waals surface area contributed by atoms with E-state index in [4.69, 9.17) is 5.73 Å². The number of nitrogens with one attached hydrogen (secondary N) is 1. The normalized spacial score (nSPS) is 21.2. The lowest BCUT2D eigenvalue weighted by Crippen LogP contribution is -2.40. The zero-order chi connectivity index (χ0) is 13.1. The maximum Gasteiger partial charge on any atom is 0.245 e. The number of hydrogen-bond donors (Lipinski definition) is 2. The second kappa shape index (κ2) is 5.29. The van der Waals surface area contributed by atoms with Gasteiger partial charge in [0.2, 0.25) is 15.9 Å². The Hall–Kier alpha value is -0.710. The third-order valence-corrected chi connectivity index (χ3v) is 5.74. The number of carbonyl (C=O) groups excluding carboxylic acids is 1. The van der Waals surface area contributed by atoms with Gasteiger partial charge in [-0.2, -0.15) is 0 Å². The van der Waals surface area contributed by atoms with Crippen molar-refractivity contribution in [3.63, 3.8) is 0 Å². The minimum atomic E-state index is -3.77. The van der Waals surface area contributed by atoms with Crippen LogP contribution in [0.25, 0.3) is 0 Å². The van der Waals surface area contributed by atoms with Crippen molar-refractivity contribution in [1.82, 2.24) is 4.89 Å². The van der Waals surface area contributed by atoms with Gasteiger partial charge in [0.15, 0.2) is 0 Å². The number of amides is 1. The van der Waals surface area contributed by atoms with Crippen LogP contribution < -0.4 is 10.6 Å². The molecule has 0 aromatic heterocycles. The molecule has 0 unspecified atom stereocenters. The highest BCUT2D eigenvalue weighted by Crippen LogP contribution is 2.18. The molecule has 0 aromatic carbocycles. The molecule has 1 amide bonds. The van der Waals surface area contributed by atoms with E-state index in [1.807, 2.05) is 0 Å². The van der Waals surface area contributed by atoms with Crippen LogP contribution in [-0.2, 0) is 29.5 Å². The van der Waals surface area contributed by atoms with Gasteiger partial charge in [-0.15, -0.1) is 0 Å². The fourth-order valence-electron chi connectivity index (χ4n) is 1.43. The minimum absolute atomic E-state index is 0.0254. The van der Waals surface area contributed by atoms with Crippen molar-refractivity contribution in [2.45, 2.75) is 18.1 Å². The lowest BCUT2D eigenvalue weighted by molar-refractivity contribution is -0.123. The number of rotatable bonds is 5. The van der Waals surface area contributed by atoms with Crippen LogP contribution in [0.15, 0.2) is 0 Å². The molecule has 8 nitrogen and oxygen atoms in total. The molecule has 17 heavy (non-hydrogen) atoms. The molecule has 1 aliphatic rings. The topological polar surface area (TPSA) is 133 Å². The summed E-state index contributed by atoms with van der Waals surface area (Å²) in [6.07, 6.45) is 0.0508. The van der Waals surface area contributed by atoms with Crippen LogP contribution in [-0.4, -0.2) is 46.1 Å². The van der Waals surface area contributed by atoms with Crippen LogP contribution in [0.1, 0.15) is 12.8 Å². The van der Waals surface area contributed by atoms with Gasteiger partial charge in [-0.1, -0.05) is 4.89 Å². The van der Waals surface area contributed by atoms with Crippen molar-refractivity contribution >= 4 is 25.8 Å². The van der Waals surface area contributed by atoms with E-state index in [1.165, 1.54) is 0 Å². The molecule has 0 aliphatic carbocycles. The maximum absolute atomic E-state index is 11.6. The summed E-state index contributed by atoms with van der Waals surface area (Å²) < 4.78 is 45.4. The summed E-state index contributed by atoms with van der Waals surface area (Å²) in [6, 6.07) is 0. The van der Waals surface area contributed by atoms with Gasteiger partial charge in [-0.05, 0) is 12.8 Å². The molecule has 0 spiro atoms. The number of primary amides is 1. The Kier molecular flexibility index (Phi) is 4.47. The fraction of sp³-hybridized carbons (Fsp3) is 0.857. The predicted molar refractivity (Wildman–Crippen MR) is 58.9 cm³/mol. The summed E-state index contributed by atoms with van der Waals surface area (Å²) in [4.78, 5) is 16.5. The average Bonchev–Trinajstić information content (AvgIpc) is 2.15. The summed E-state index contributed by atoms with van der Waals surface area (Å²) in [5, 5.41) is -0.820. The number of nitrogens with two attached hydrogens (primary N) is 1. The SMILES string of the molecule is NC(=O)CONS(=O)(=O)C1CCS(=O)(=O)CC1. The van der Waals surface area contributed by atoms with E-state index in [0.29, 0.717) is 0 Å². The number of carbonyl (C=O) groups is 1. The van der Waals surface area contributed by atoms with Crippen molar-refractivity contribution in [2.75, 3.05) is 18.1 Å². The van der Waals surface area contributed by atoms with Gasteiger partial charge < -0.3 is 5.73 Å². The molecular weight excluding hydrogens is 272 g/mol. The van der Waals surface area contributed by atoms with E-state index in [0.717, 1.165) is 0 Å². The highest BCUT2D eigenvalue weighted by molar-refractivity contribution is 7.92. The van der Waals surface area contributed by atoms with E-state index in [2.05, 4.69) is 4.84 Å². The van der Waals surface area contributed by atoms with E-state index in [9.17, 15) is 21.6 Å². The Bertz CT molecular complexity index is 468.